The van der Waals surface area contributed by atoms with E-state index in [1.165, 1.54) is 0 Å². The number of nitrogens with one attached hydrogen (secondary N) is 3. The Bertz CT molecular complexity index is 779. The average molecular weight is 355 g/mol. The summed E-state index contributed by atoms with van der Waals surface area (Å²) in [4.78, 5) is 4.98. The molecular weight excluding hydrogens is 332 g/mol. The fourth-order valence-electron chi connectivity index (χ4n) is 3.69. The van der Waals surface area contributed by atoms with Crippen LogP contribution >= 0.6 is 11.6 Å². The predicted molar refractivity (Wildman–Crippen MR) is 105 cm³/mol. The highest BCUT2D eigenvalue weighted by molar-refractivity contribution is 6.30. The molecule has 5 heteroatoms. The third-order valence-corrected chi connectivity index (χ3v) is 5.23. The van der Waals surface area contributed by atoms with Crippen LogP contribution in [0.25, 0.3) is 0 Å². The second kappa shape index (κ2) is 7.06. The monoisotopic (exact) mass is 354 g/mol. The van der Waals surface area contributed by atoms with E-state index < -0.39 is 0 Å². The van der Waals surface area contributed by atoms with Crippen molar-refractivity contribution in [3.8, 4) is 0 Å². The molecule has 1 atom stereocenters. The molecule has 2 heterocycles. The molecule has 2 aliphatic rings. The zero-order chi connectivity index (χ0) is 17.1. The summed E-state index contributed by atoms with van der Waals surface area (Å²) in [6.45, 7) is 2.78. The van der Waals surface area contributed by atoms with Gasteiger partial charge in [0.2, 0.25) is 0 Å². The molecule has 1 unspecified atom stereocenters. The van der Waals surface area contributed by atoms with Crippen LogP contribution < -0.4 is 16.0 Å². The first-order valence-electron chi connectivity index (χ1n) is 8.91. The molecule has 130 valence electrons. The number of fused-ring (bicyclic) bond motifs is 1. The molecule has 3 N–H and O–H groups in total. The second-order valence-electron chi connectivity index (χ2n) is 6.77. The minimum absolute atomic E-state index is 0.129. The summed E-state index contributed by atoms with van der Waals surface area (Å²) in [5.74, 6) is 1.04. The minimum Gasteiger partial charge on any atom is -0.371 e. The van der Waals surface area contributed by atoms with Crippen LogP contribution in [-0.4, -0.2) is 24.5 Å². The van der Waals surface area contributed by atoms with Gasteiger partial charge >= 0.3 is 0 Å². The molecule has 2 aromatic carbocycles. The number of anilines is 1. The lowest BCUT2D eigenvalue weighted by molar-refractivity contribution is 0.524. The van der Waals surface area contributed by atoms with Gasteiger partial charge in [-0.05, 0) is 62.2 Å². The Hall–Kier alpha value is -2.04. The lowest BCUT2D eigenvalue weighted by Crippen LogP contribution is -2.54. The van der Waals surface area contributed by atoms with Gasteiger partial charge in [0.1, 0.15) is 5.84 Å². The summed E-state index contributed by atoms with van der Waals surface area (Å²) in [6.07, 6.45) is 3.21. The first kappa shape index (κ1) is 16.4. The van der Waals surface area contributed by atoms with Gasteiger partial charge in [-0.3, -0.25) is 0 Å². The van der Waals surface area contributed by atoms with Gasteiger partial charge in [-0.15, -0.1) is 0 Å². The third-order valence-electron chi connectivity index (χ3n) is 5.00. The van der Waals surface area contributed by atoms with Crippen molar-refractivity contribution in [3.63, 3.8) is 0 Å². The van der Waals surface area contributed by atoms with Crippen LogP contribution in [0.4, 0.5) is 11.4 Å². The van der Waals surface area contributed by atoms with Gasteiger partial charge in [0.25, 0.3) is 0 Å². The van der Waals surface area contributed by atoms with E-state index in [1.807, 2.05) is 24.3 Å². The van der Waals surface area contributed by atoms with Crippen LogP contribution in [0.5, 0.6) is 0 Å². The first-order chi connectivity index (χ1) is 12.3. The van der Waals surface area contributed by atoms with Gasteiger partial charge in [-0.1, -0.05) is 35.9 Å². The van der Waals surface area contributed by atoms with E-state index in [-0.39, 0.29) is 5.54 Å². The van der Waals surface area contributed by atoms with Crippen LogP contribution in [0.15, 0.2) is 53.5 Å². The number of rotatable bonds is 2. The highest BCUT2D eigenvalue weighted by Crippen LogP contribution is 2.37. The molecule has 0 bridgehead atoms. The Labute approximate surface area is 153 Å². The number of halogens is 1. The summed E-state index contributed by atoms with van der Waals surface area (Å²) < 4.78 is 0. The number of aliphatic imine (C=N–C) groups is 1. The zero-order valence-corrected chi connectivity index (χ0v) is 14.9. The number of amidine groups is 1. The Morgan fingerprint density at radius 2 is 2.00 bits per heavy atom. The minimum atomic E-state index is -0.129. The van der Waals surface area contributed by atoms with Crippen molar-refractivity contribution < 1.29 is 0 Å². The standard InChI is InChI=1S/C20H23ClN4/c21-16-6-3-5-15(13-16)14-23-19-20(9-4-11-22-12-10-20)25-18-8-2-1-7-17(18)24-19/h1-3,5-8,13,22,25H,4,9-12,14H2,(H,23,24). The molecule has 0 radical (unpaired) electrons. The summed E-state index contributed by atoms with van der Waals surface area (Å²) in [7, 11) is 0. The van der Waals surface area contributed by atoms with Gasteiger partial charge < -0.3 is 16.0 Å². The van der Waals surface area contributed by atoms with Crippen LogP contribution in [0.1, 0.15) is 24.8 Å². The van der Waals surface area contributed by atoms with E-state index in [0.717, 1.165) is 66.7 Å². The molecule has 1 saturated heterocycles. The molecule has 4 nitrogen and oxygen atoms in total. The Kier molecular flexibility index (Phi) is 4.64. The van der Waals surface area contributed by atoms with Crippen LogP contribution in [0.2, 0.25) is 5.02 Å². The van der Waals surface area contributed by atoms with E-state index in [4.69, 9.17) is 16.6 Å². The van der Waals surface area contributed by atoms with Crippen molar-refractivity contribution in [2.24, 2.45) is 4.99 Å². The summed E-state index contributed by atoms with van der Waals surface area (Å²) in [5, 5.41) is 11.7. The molecule has 4 rings (SSSR count). The van der Waals surface area contributed by atoms with Gasteiger partial charge in [-0.2, -0.15) is 0 Å². The molecule has 1 spiro atoms. The quantitative estimate of drug-likeness (QED) is 0.761. The lowest BCUT2D eigenvalue weighted by Gasteiger charge is -2.39. The van der Waals surface area contributed by atoms with E-state index >= 15 is 0 Å². The van der Waals surface area contributed by atoms with Crippen molar-refractivity contribution in [2.45, 2.75) is 31.3 Å². The Balaban J connectivity index is 1.64. The summed E-state index contributed by atoms with van der Waals surface area (Å²) in [6, 6.07) is 16.3. The van der Waals surface area contributed by atoms with Gasteiger partial charge in [0, 0.05) is 11.6 Å². The second-order valence-corrected chi connectivity index (χ2v) is 7.21. The zero-order valence-electron chi connectivity index (χ0n) is 14.2. The van der Waals surface area contributed by atoms with Gasteiger partial charge in [0.15, 0.2) is 0 Å². The lowest BCUT2D eigenvalue weighted by atomic mass is 9.86. The predicted octanol–water partition coefficient (Wildman–Crippen LogP) is 4.10. The fourth-order valence-corrected chi connectivity index (χ4v) is 3.90. The first-order valence-corrected chi connectivity index (χ1v) is 9.28. The molecule has 0 aromatic heterocycles. The number of hydrogen-bond donors (Lipinski definition) is 3. The summed E-state index contributed by atoms with van der Waals surface area (Å²) >= 11 is 6.12. The van der Waals surface area contributed by atoms with E-state index in [1.54, 1.807) is 0 Å². The molecule has 2 aromatic rings. The average Bonchev–Trinajstić information content (AvgIpc) is 2.86. The van der Waals surface area contributed by atoms with Crippen LogP contribution in [-0.2, 0) is 6.54 Å². The van der Waals surface area contributed by atoms with Crippen molar-refractivity contribution in [1.29, 1.82) is 0 Å². The Morgan fingerprint density at radius 3 is 2.92 bits per heavy atom. The molecule has 0 amide bonds. The SMILES string of the molecule is Clc1cccc(CNC2=Nc3ccccc3NC23CCCNCC3)c1. The van der Waals surface area contributed by atoms with Crippen molar-refractivity contribution in [2.75, 3.05) is 18.4 Å². The fraction of sp³-hybridized carbons (Fsp3) is 0.350. The molecule has 0 saturated carbocycles. The van der Waals surface area contributed by atoms with Crippen molar-refractivity contribution in [1.82, 2.24) is 10.6 Å². The van der Waals surface area contributed by atoms with Crippen LogP contribution in [0, 0.1) is 0 Å². The van der Waals surface area contributed by atoms with Gasteiger partial charge in [-0.25, -0.2) is 4.99 Å². The topological polar surface area (TPSA) is 48.5 Å². The number of nitrogens with zero attached hydrogens (tertiary/aromatic N) is 1. The number of para-hydroxylation sites is 2. The van der Waals surface area contributed by atoms with Crippen molar-refractivity contribution in [3.05, 3.63) is 59.1 Å². The largest absolute Gasteiger partial charge is 0.371 e. The van der Waals surface area contributed by atoms with Crippen molar-refractivity contribution >= 4 is 28.8 Å². The maximum Gasteiger partial charge on any atom is 0.128 e. The molecule has 0 aliphatic carbocycles. The van der Waals surface area contributed by atoms with Gasteiger partial charge in [0.05, 0.1) is 16.9 Å². The maximum absolute atomic E-state index is 6.12. The molecule has 1 fully saturated rings. The number of benzene rings is 2. The molecule has 2 aliphatic heterocycles. The molecular formula is C20H23ClN4. The normalized spacial score (nSPS) is 22.5. The summed E-state index contributed by atoms with van der Waals surface area (Å²) in [5.41, 5.74) is 3.16. The highest BCUT2D eigenvalue weighted by Gasteiger charge is 2.39. The Morgan fingerprint density at radius 1 is 1.08 bits per heavy atom. The van der Waals surface area contributed by atoms with Crippen LogP contribution in [0.3, 0.4) is 0 Å². The van der Waals surface area contributed by atoms with E-state index in [2.05, 4.69) is 40.2 Å². The maximum atomic E-state index is 6.12. The van der Waals surface area contributed by atoms with E-state index in [9.17, 15) is 0 Å². The third kappa shape index (κ3) is 3.51. The molecule has 25 heavy (non-hydrogen) atoms. The number of hydrogen-bond acceptors (Lipinski definition) is 4. The smallest absolute Gasteiger partial charge is 0.128 e. The highest BCUT2D eigenvalue weighted by atomic mass is 35.5. The van der Waals surface area contributed by atoms with E-state index in [0.29, 0.717) is 0 Å².